The summed E-state index contributed by atoms with van der Waals surface area (Å²) in [6, 6.07) is 17.4. The lowest BCUT2D eigenvalue weighted by atomic mass is 10.1. The summed E-state index contributed by atoms with van der Waals surface area (Å²) >= 11 is 0. The maximum Gasteiger partial charge on any atom is 0.321 e. The van der Waals surface area contributed by atoms with E-state index in [0.29, 0.717) is 23.4 Å². The van der Waals surface area contributed by atoms with Gasteiger partial charge in [0.15, 0.2) is 0 Å². The van der Waals surface area contributed by atoms with Gasteiger partial charge in [-0.25, -0.2) is 8.42 Å². The number of allylic oxidation sites excluding steroid dienone is 1. The third kappa shape index (κ3) is 6.50. The average molecular weight is 467 g/mol. The summed E-state index contributed by atoms with van der Waals surface area (Å²) in [5.41, 5.74) is 2.96. The van der Waals surface area contributed by atoms with Gasteiger partial charge in [0.2, 0.25) is 15.8 Å². The number of nitrogens with one attached hydrogen (secondary N) is 1. The van der Waals surface area contributed by atoms with Gasteiger partial charge in [-0.05, 0) is 43.7 Å². The van der Waals surface area contributed by atoms with Crippen LogP contribution in [-0.2, 0) is 26.1 Å². The first kappa shape index (κ1) is 24.2. The number of sulfonamides is 1. The minimum Gasteiger partial charge on any atom is -0.465 e. The highest BCUT2D eigenvalue weighted by atomic mass is 32.2. The van der Waals surface area contributed by atoms with Crippen molar-refractivity contribution in [3.05, 3.63) is 95.3 Å². The van der Waals surface area contributed by atoms with Gasteiger partial charge in [0.25, 0.3) is 0 Å². The second kappa shape index (κ2) is 10.9. The predicted molar refractivity (Wildman–Crippen MR) is 126 cm³/mol. The van der Waals surface area contributed by atoms with E-state index in [1.165, 1.54) is 12.1 Å². The summed E-state index contributed by atoms with van der Waals surface area (Å²) in [6.07, 6.45) is 5.46. The molecule has 1 aromatic heterocycles. The number of benzene rings is 2. The Hall–Kier alpha value is -3.49. The first-order valence-corrected chi connectivity index (χ1v) is 12.0. The van der Waals surface area contributed by atoms with Gasteiger partial charge >= 0.3 is 5.97 Å². The Morgan fingerprint density at radius 3 is 2.55 bits per heavy atom. The Morgan fingerprint density at radius 2 is 1.82 bits per heavy atom. The molecule has 0 radical (unpaired) electrons. The van der Waals surface area contributed by atoms with Gasteiger partial charge in [0, 0.05) is 18.3 Å². The second-order valence-electron chi connectivity index (χ2n) is 7.35. The molecule has 0 fully saturated rings. The molecule has 3 rings (SSSR count). The molecule has 0 amide bonds. The van der Waals surface area contributed by atoms with Crippen LogP contribution in [0.4, 0.5) is 0 Å². The number of ketones is 1. The van der Waals surface area contributed by atoms with Gasteiger partial charge in [0.05, 0.1) is 17.2 Å². The third-order valence-electron chi connectivity index (χ3n) is 4.87. The Kier molecular flexibility index (Phi) is 7.97. The molecular weight excluding hydrogens is 440 g/mol. The van der Waals surface area contributed by atoms with E-state index >= 15 is 0 Å². The number of esters is 1. The fourth-order valence-electron chi connectivity index (χ4n) is 3.17. The van der Waals surface area contributed by atoms with Crippen molar-refractivity contribution in [2.24, 2.45) is 0 Å². The fraction of sp³-hybridized carbons (Fsp3) is 0.200. The van der Waals surface area contributed by atoms with Crippen molar-refractivity contribution >= 4 is 27.9 Å². The van der Waals surface area contributed by atoms with E-state index < -0.39 is 22.5 Å². The molecule has 0 aliphatic heterocycles. The van der Waals surface area contributed by atoms with Crippen molar-refractivity contribution in [3.63, 3.8) is 0 Å². The number of nitrogens with zero attached hydrogens (tertiary/aromatic N) is 1. The molecule has 0 aliphatic carbocycles. The maximum atomic E-state index is 12.8. The number of carbonyl (C=O) groups is 2. The normalized spacial score (nSPS) is 11.6. The highest BCUT2D eigenvalue weighted by Crippen LogP contribution is 2.15. The molecule has 1 heterocycles. The molecule has 0 saturated heterocycles. The number of aryl methyl sites for hydroxylation is 1. The van der Waals surface area contributed by atoms with Crippen LogP contribution in [0.25, 0.3) is 6.08 Å². The topological polar surface area (TPSA) is 94.5 Å². The van der Waals surface area contributed by atoms with Gasteiger partial charge in [-0.1, -0.05) is 54.1 Å². The molecule has 172 valence electrons. The molecule has 0 unspecified atom stereocenters. The van der Waals surface area contributed by atoms with E-state index in [2.05, 4.69) is 4.72 Å². The standard InChI is InChI=1S/C25H26N2O5S/c1-3-32-24(28)18-26-33(30,31)22-9-4-7-20(17-22)8-5-15-27-16-6-10-23(27)25(29)21-13-11-19(2)12-14-21/h4-14,16-17,26H,3,15,18H2,1-2H3/b8-5+. The zero-order valence-corrected chi connectivity index (χ0v) is 19.3. The van der Waals surface area contributed by atoms with Crippen LogP contribution >= 0.6 is 0 Å². The lowest BCUT2D eigenvalue weighted by Crippen LogP contribution is -2.30. The zero-order valence-electron chi connectivity index (χ0n) is 18.5. The van der Waals surface area contributed by atoms with Gasteiger partial charge in [0.1, 0.15) is 6.54 Å². The van der Waals surface area contributed by atoms with E-state index in [0.717, 1.165) is 5.56 Å². The molecule has 0 atom stereocenters. The molecule has 0 saturated carbocycles. The molecule has 1 N–H and O–H groups in total. The van der Waals surface area contributed by atoms with E-state index in [4.69, 9.17) is 4.74 Å². The van der Waals surface area contributed by atoms with Crippen molar-refractivity contribution in [1.82, 2.24) is 9.29 Å². The summed E-state index contributed by atoms with van der Waals surface area (Å²) in [7, 11) is -3.85. The van der Waals surface area contributed by atoms with Gasteiger partial charge in [-0.2, -0.15) is 4.72 Å². The van der Waals surface area contributed by atoms with Crippen LogP contribution < -0.4 is 4.72 Å². The Bertz CT molecular complexity index is 1260. The highest BCUT2D eigenvalue weighted by Gasteiger charge is 2.16. The minimum absolute atomic E-state index is 0.0464. The number of hydrogen-bond acceptors (Lipinski definition) is 5. The van der Waals surface area contributed by atoms with Crippen molar-refractivity contribution in [2.45, 2.75) is 25.3 Å². The Morgan fingerprint density at radius 1 is 1.06 bits per heavy atom. The number of carbonyl (C=O) groups excluding carboxylic acids is 2. The molecule has 0 aliphatic rings. The zero-order chi connectivity index (χ0) is 23.8. The quantitative estimate of drug-likeness (QED) is 0.364. The molecule has 3 aromatic rings. The SMILES string of the molecule is CCOC(=O)CNS(=O)(=O)c1cccc(/C=C/Cn2cccc2C(=O)c2ccc(C)cc2)c1. The van der Waals surface area contributed by atoms with E-state index in [1.54, 1.807) is 31.2 Å². The molecule has 8 heteroatoms. The second-order valence-corrected chi connectivity index (χ2v) is 9.11. The van der Waals surface area contributed by atoms with Crippen molar-refractivity contribution in [1.29, 1.82) is 0 Å². The smallest absolute Gasteiger partial charge is 0.321 e. The maximum absolute atomic E-state index is 12.8. The van der Waals surface area contributed by atoms with Crippen molar-refractivity contribution in [2.75, 3.05) is 13.2 Å². The lowest BCUT2D eigenvalue weighted by molar-refractivity contribution is -0.141. The summed E-state index contributed by atoms with van der Waals surface area (Å²) in [4.78, 5) is 24.3. The minimum atomic E-state index is -3.85. The summed E-state index contributed by atoms with van der Waals surface area (Å²) in [5.74, 6) is -0.700. The highest BCUT2D eigenvalue weighted by molar-refractivity contribution is 7.89. The van der Waals surface area contributed by atoms with E-state index in [9.17, 15) is 18.0 Å². The summed E-state index contributed by atoms with van der Waals surface area (Å²) < 4.78 is 33.7. The van der Waals surface area contributed by atoms with Gasteiger partial charge in [-0.15, -0.1) is 0 Å². The Labute approximate surface area is 193 Å². The third-order valence-corrected chi connectivity index (χ3v) is 6.27. The van der Waals surface area contributed by atoms with Crippen LogP contribution in [0.1, 0.15) is 34.1 Å². The van der Waals surface area contributed by atoms with E-state index in [1.807, 2.05) is 54.1 Å². The van der Waals surface area contributed by atoms with Crippen LogP contribution in [-0.4, -0.2) is 37.9 Å². The van der Waals surface area contributed by atoms with Gasteiger partial charge in [-0.3, -0.25) is 9.59 Å². The first-order chi connectivity index (χ1) is 15.8. The van der Waals surface area contributed by atoms with E-state index in [-0.39, 0.29) is 17.3 Å². The summed E-state index contributed by atoms with van der Waals surface area (Å²) in [5, 5.41) is 0. The summed E-state index contributed by atoms with van der Waals surface area (Å²) in [6.45, 7) is 3.82. The molecule has 0 bridgehead atoms. The number of aromatic nitrogens is 1. The molecule has 0 spiro atoms. The van der Waals surface area contributed by atoms with Crippen LogP contribution in [0.15, 0.2) is 77.8 Å². The number of rotatable bonds is 10. The predicted octanol–water partition coefficient (Wildman–Crippen LogP) is 3.58. The van der Waals surface area contributed by atoms with Crippen LogP contribution in [0, 0.1) is 6.92 Å². The molecular formula is C25H26N2O5S. The first-order valence-electron chi connectivity index (χ1n) is 10.5. The molecule has 7 nitrogen and oxygen atoms in total. The van der Waals surface area contributed by atoms with Crippen LogP contribution in [0.2, 0.25) is 0 Å². The van der Waals surface area contributed by atoms with Crippen molar-refractivity contribution in [3.8, 4) is 0 Å². The number of ether oxygens (including phenoxy) is 1. The Balaban J connectivity index is 1.68. The largest absolute Gasteiger partial charge is 0.465 e. The number of hydrogen-bond donors (Lipinski definition) is 1. The van der Waals surface area contributed by atoms with Crippen molar-refractivity contribution < 1.29 is 22.7 Å². The van der Waals surface area contributed by atoms with Crippen LogP contribution in [0.3, 0.4) is 0 Å². The monoisotopic (exact) mass is 466 g/mol. The lowest BCUT2D eigenvalue weighted by Gasteiger charge is -2.08. The fourth-order valence-corrected chi connectivity index (χ4v) is 4.19. The average Bonchev–Trinajstić information content (AvgIpc) is 3.27. The van der Waals surface area contributed by atoms with Gasteiger partial charge < -0.3 is 9.30 Å². The molecule has 2 aromatic carbocycles. The molecule has 33 heavy (non-hydrogen) atoms. The van der Waals surface area contributed by atoms with Crippen LogP contribution in [0.5, 0.6) is 0 Å².